The average molecular weight is 250 g/mol. The van der Waals surface area contributed by atoms with Gasteiger partial charge in [-0.05, 0) is 40.3 Å². The van der Waals surface area contributed by atoms with Crippen molar-refractivity contribution >= 4 is 5.82 Å². The van der Waals surface area contributed by atoms with E-state index in [0.717, 1.165) is 30.2 Å². The predicted octanol–water partition coefficient (Wildman–Crippen LogP) is 2.48. The van der Waals surface area contributed by atoms with Gasteiger partial charge in [0.15, 0.2) is 0 Å². The van der Waals surface area contributed by atoms with E-state index < -0.39 is 0 Å². The molecule has 0 aliphatic rings. The van der Waals surface area contributed by atoms with Crippen molar-refractivity contribution in [2.45, 2.75) is 40.2 Å². The number of likely N-dealkylation sites (N-methyl/N-ethyl adjacent to an activating group) is 1. The molecule has 0 fully saturated rings. The number of nitrogens with one attached hydrogen (secondary N) is 1. The van der Waals surface area contributed by atoms with Crippen LogP contribution in [0.4, 0.5) is 5.82 Å². The molecular weight excluding hydrogens is 224 g/mol. The van der Waals surface area contributed by atoms with Crippen LogP contribution < -0.4 is 5.32 Å². The molecule has 1 aromatic rings. The van der Waals surface area contributed by atoms with E-state index in [1.807, 2.05) is 20.0 Å². The minimum absolute atomic E-state index is 0.412. The fourth-order valence-corrected chi connectivity index (χ4v) is 2.06. The zero-order valence-corrected chi connectivity index (χ0v) is 12.5. The van der Waals surface area contributed by atoms with Crippen LogP contribution in [0.3, 0.4) is 0 Å². The molecule has 0 saturated heterocycles. The van der Waals surface area contributed by atoms with Gasteiger partial charge in [0.05, 0.1) is 11.4 Å². The van der Waals surface area contributed by atoms with Crippen molar-refractivity contribution in [1.82, 2.24) is 14.9 Å². The van der Waals surface area contributed by atoms with Crippen LogP contribution >= 0.6 is 0 Å². The lowest BCUT2D eigenvalue weighted by Gasteiger charge is -2.25. The van der Waals surface area contributed by atoms with E-state index in [-0.39, 0.29) is 0 Å². The molecule has 0 amide bonds. The summed E-state index contributed by atoms with van der Waals surface area (Å²) in [6, 6.07) is 0.412. The number of aromatic nitrogens is 2. The second-order valence-corrected chi connectivity index (χ2v) is 5.68. The molecule has 0 bridgehead atoms. The summed E-state index contributed by atoms with van der Waals surface area (Å²) in [5.41, 5.74) is 1.92. The SMILES string of the molecule is Cc1cnc(C)c(NC(CC(C)C)CN(C)C)n1. The molecule has 4 nitrogen and oxygen atoms in total. The molecule has 0 spiro atoms. The van der Waals surface area contributed by atoms with Gasteiger partial charge in [0, 0.05) is 18.8 Å². The summed E-state index contributed by atoms with van der Waals surface area (Å²) >= 11 is 0. The first-order valence-electron chi connectivity index (χ1n) is 6.60. The van der Waals surface area contributed by atoms with Gasteiger partial charge in [-0.3, -0.25) is 4.98 Å². The first-order valence-corrected chi connectivity index (χ1v) is 6.60. The van der Waals surface area contributed by atoms with Gasteiger partial charge >= 0.3 is 0 Å². The van der Waals surface area contributed by atoms with Crippen LogP contribution in [0.25, 0.3) is 0 Å². The van der Waals surface area contributed by atoms with E-state index in [4.69, 9.17) is 0 Å². The largest absolute Gasteiger partial charge is 0.365 e. The summed E-state index contributed by atoms with van der Waals surface area (Å²) in [6.45, 7) is 9.48. The van der Waals surface area contributed by atoms with E-state index in [2.05, 4.69) is 48.1 Å². The fraction of sp³-hybridized carbons (Fsp3) is 0.714. The summed E-state index contributed by atoms with van der Waals surface area (Å²) in [5, 5.41) is 3.54. The Labute approximate surface area is 111 Å². The van der Waals surface area contributed by atoms with Gasteiger partial charge in [-0.25, -0.2) is 4.98 Å². The Bertz CT molecular complexity index is 364. The van der Waals surface area contributed by atoms with Crippen molar-refractivity contribution in [3.05, 3.63) is 17.6 Å². The quantitative estimate of drug-likeness (QED) is 0.842. The van der Waals surface area contributed by atoms with Crippen molar-refractivity contribution < 1.29 is 0 Å². The Morgan fingerprint density at radius 2 is 1.94 bits per heavy atom. The lowest BCUT2D eigenvalue weighted by atomic mass is 10.0. The van der Waals surface area contributed by atoms with Crippen LogP contribution in [0.5, 0.6) is 0 Å². The van der Waals surface area contributed by atoms with Crippen molar-refractivity contribution in [1.29, 1.82) is 0 Å². The molecule has 0 aliphatic carbocycles. The molecule has 0 aliphatic heterocycles. The van der Waals surface area contributed by atoms with Crippen LogP contribution in [0.1, 0.15) is 31.7 Å². The third kappa shape index (κ3) is 5.00. The van der Waals surface area contributed by atoms with E-state index in [9.17, 15) is 0 Å². The number of aryl methyl sites for hydroxylation is 2. The highest BCUT2D eigenvalue weighted by Gasteiger charge is 2.14. The molecule has 1 heterocycles. The van der Waals surface area contributed by atoms with E-state index in [1.165, 1.54) is 0 Å². The molecule has 1 rings (SSSR count). The molecule has 0 saturated carbocycles. The highest BCUT2D eigenvalue weighted by atomic mass is 15.1. The fourth-order valence-electron chi connectivity index (χ4n) is 2.06. The highest BCUT2D eigenvalue weighted by Crippen LogP contribution is 2.14. The Balaban J connectivity index is 2.77. The van der Waals surface area contributed by atoms with Crippen molar-refractivity contribution in [3.8, 4) is 0 Å². The molecule has 0 aromatic carbocycles. The second-order valence-electron chi connectivity index (χ2n) is 5.68. The smallest absolute Gasteiger partial charge is 0.148 e. The van der Waals surface area contributed by atoms with Crippen molar-refractivity contribution in [2.24, 2.45) is 5.92 Å². The third-order valence-electron chi connectivity index (χ3n) is 2.76. The Kier molecular flexibility index (Phi) is 5.54. The molecule has 1 atom stereocenters. The first-order chi connectivity index (χ1) is 8.38. The topological polar surface area (TPSA) is 41.1 Å². The zero-order chi connectivity index (χ0) is 13.7. The summed E-state index contributed by atoms with van der Waals surface area (Å²) in [4.78, 5) is 11.1. The Morgan fingerprint density at radius 3 is 2.50 bits per heavy atom. The summed E-state index contributed by atoms with van der Waals surface area (Å²) in [7, 11) is 4.20. The van der Waals surface area contributed by atoms with Gasteiger partial charge in [0.2, 0.25) is 0 Å². The zero-order valence-electron chi connectivity index (χ0n) is 12.5. The minimum Gasteiger partial charge on any atom is -0.365 e. The van der Waals surface area contributed by atoms with Crippen LogP contribution in [-0.4, -0.2) is 41.5 Å². The van der Waals surface area contributed by atoms with Gasteiger partial charge < -0.3 is 10.2 Å². The predicted molar refractivity (Wildman–Crippen MR) is 76.9 cm³/mol. The average Bonchev–Trinajstić information content (AvgIpc) is 2.21. The third-order valence-corrected chi connectivity index (χ3v) is 2.76. The number of hydrogen-bond acceptors (Lipinski definition) is 4. The normalized spacial score (nSPS) is 13.1. The Hall–Kier alpha value is -1.16. The Morgan fingerprint density at radius 1 is 1.28 bits per heavy atom. The second kappa shape index (κ2) is 6.69. The molecule has 1 aromatic heterocycles. The van der Waals surface area contributed by atoms with Crippen LogP contribution in [0, 0.1) is 19.8 Å². The molecule has 0 radical (unpaired) electrons. The van der Waals surface area contributed by atoms with Gasteiger partial charge in [-0.15, -0.1) is 0 Å². The number of rotatable bonds is 6. The molecule has 18 heavy (non-hydrogen) atoms. The number of anilines is 1. The standard InChI is InChI=1S/C14H26N4/c1-10(2)7-13(9-18(5)6)17-14-12(4)15-8-11(3)16-14/h8,10,13H,7,9H2,1-6H3,(H,16,17). The lowest BCUT2D eigenvalue weighted by Crippen LogP contribution is -2.34. The maximum Gasteiger partial charge on any atom is 0.148 e. The summed E-state index contributed by atoms with van der Waals surface area (Å²) < 4.78 is 0. The molecule has 4 heteroatoms. The number of nitrogens with zero attached hydrogens (tertiary/aromatic N) is 3. The van der Waals surface area contributed by atoms with Crippen LogP contribution in [0.2, 0.25) is 0 Å². The monoisotopic (exact) mass is 250 g/mol. The summed E-state index contributed by atoms with van der Waals surface area (Å²) in [6.07, 6.45) is 2.94. The van der Waals surface area contributed by atoms with Gasteiger partial charge in [-0.1, -0.05) is 13.8 Å². The molecule has 1 N–H and O–H groups in total. The van der Waals surface area contributed by atoms with E-state index in [0.29, 0.717) is 12.0 Å². The lowest BCUT2D eigenvalue weighted by molar-refractivity contribution is 0.356. The molecular formula is C14H26N4. The maximum absolute atomic E-state index is 4.53. The van der Waals surface area contributed by atoms with Crippen molar-refractivity contribution in [3.63, 3.8) is 0 Å². The van der Waals surface area contributed by atoms with Gasteiger partial charge in [-0.2, -0.15) is 0 Å². The van der Waals surface area contributed by atoms with Crippen LogP contribution in [0.15, 0.2) is 6.20 Å². The molecule has 1 unspecified atom stereocenters. The number of hydrogen-bond donors (Lipinski definition) is 1. The first kappa shape index (κ1) is 14.9. The minimum atomic E-state index is 0.412. The van der Waals surface area contributed by atoms with Crippen LogP contribution in [-0.2, 0) is 0 Å². The van der Waals surface area contributed by atoms with E-state index >= 15 is 0 Å². The summed E-state index contributed by atoms with van der Waals surface area (Å²) in [5.74, 6) is 1.59. The maximum atomic E-state index is 4.53. The van der Waals surface area contributed by atoms with Gasteiger partial charge in [0.25, 0.3) is 0 Å². The van der Waals surface area contributed by atoms with Crippen molar-refractivity contribution in [2.75, 3.05) is 26.0 Å². The van der Waals surface area contributed by atoms with Gasteiger partial charge in [0.1, 0.15) is 5.82 Å². The van der Waals surface area contributed by atoms with E-state index in [1.54, 1.807) is 0 Å². The highest BCUT2D eigenvalue weighted by molar-refractivity contribution is 5.40. The molecule has 102 valence electrons.